The highest BCUT2D eigenvalue weighted by atomic mass is 16.5. The molecule has 0 aliphatic carbocycles. The van der Waals surface area contributed by atoms with Crippen molar-refractivity contribution in [2.24, 2.45) is 0 Å². The maximum Gasteiger partial charge on any atom is 0.311 e. The molecule has 0 unspecified atom stereocenters. The summed E-state index contributed by atoms with van der Waals surface area (Å²) in [6.07, 6.45) is -0.918. The number of aryl methyl sites for hydroxylation is 2. The topological polar surface area (TPSA) is 82.4 Å². The molecule has 0 spiro atoms. The average Bonchev–Trinajstić information content (AvgIpc) is 3.02. The minimum atomic E-state index is -0.956. The molecule has 31 heavy (non-hydrogen) atoms. The first-order chi connectivity index (χ1) is 14.8. The Morgan fingerprint density at radius 2 is 1.81 bits per heavy atom. The van der Waals surface area contributed by atoms with Crippen LogP contribution in [0.5, 0.6) is 5.75 Å². The van der Waals surface area contributed by atoms with Gasteiger partial charge in [0.25, 0.3) is 5.91 Å². The molecule has 7 heteroatoms. The van der Waals surface area contributed by atoms with Crippen molar-refractivity contribution in [2.45, 2.75) is 40.2 Å². The van der Waals surface area contributed by atoms with Crippen LogP contribution in [0.15, 0.2) is 48.5 Å². The molecule has 1 aromatic heterocycles. The van der Waals surface area contributed by atoms with Crippen molar-refractivity contribution in [1.29, 1.82) is 0 Å². The molecule has 0 aliphatic rings. The number of nitrogens with one attached hydrogen (secondary N) is 1. The lowest BCUT2D eigenvalue weighted by molar-refractivity contribution is -0.152. The van der Waals surface area contributed by atoms with Crippen molar-refractivity contribution in [3.8, 4) is 11.4 Å². The number of rotatable bonds is 7. The highest BCUT2D eigenvalue weighted by Crippen LogP contribution is 2.25. The van der Waals surface area contributed by atoms with E-state index in [0.717, 1.165) is 28.2 Å². The number of carbonyl (C=O) groups is 2. The Labute approximate surface area is 182 Å². The van der Waals surface area contributed by atoms with Crippen LogP contribution in [0.3, 0.4) is 0 Å². The summed E-state index contributed by atoms with van der Waals surface area (Å²) in [6, 6.07) is 15.2. The van der Waals surface area contributed by atoms with Crippen LogP contribution in [-0.2, 0) is 20.7 Å². The zero-order valence-corrected chi connectivity index (χ0v) is 18.4. The van der Waals surface area contributed by atoms with Crippen molar-refractivity contribution in [3.63, 3.8) is 0 Å². The van der Waals surface area contributed by atoms with Gasteiger partial charge in [0.1, 0.15) is 5.75 Å². The second-order valence-corrected chi connectivity index (χ2v) is 7.40. The number of benzene rings is 2. The van der Waals surface area contributed by atoms with E-state index in [4.69, 9.17) is 9.47 Å². The van der Waals surface area contributed by atoms with Gasteiger partial charge in [-0.2, -0.15) is 5.10 Å². The maximum absolute atomic E-state index is 12.5. The fourth-order valence-corrected chi connectivity index (χ4v) is 3.34. The smallest absolute Gasteiger partial charge is 0.311 e. The second kappa shape index (κ2) is 9.47. The van der Waals surface area contributed by atoms with E-state index in [1.807, 2.05) is 57.2 Å². The van der Waals surface area contributed by atoms with Gasteiger partial charge in [-0.25, -0.2) is 4.68 Å². The summed E-state index contributed by atoms with van der Waals surface area (Å²) in [6.45, 7) is 7.23. The lowest BCUT2D eigenvalue weighted by Gasteiger charge is -2.16. The lowest BCUT2D eigenvalue weighted by atomic mass is 10.1. The minimum absolute atomic E-state index is 0.0376. The molecule has 0 fully saturated rings. The Morgan fingerprint density at radius 3 is 2.48 bits per heavy atom. The molecule has 3 aromatic rings. The SMILES string of the molecule is COc1ccc(C)cc1NC(=O)[C@@H](C)OC(=O)Cc1c(C)nn(-c2ccccc2)c1C. The first kappa shape index (κ1) is 22.1. The van der Waals surface area contributed by atoms with Crippen LogP contribution in [-0.4, -0.2) is 34.9 Å². The van der Waals surface area contributed by atoms with Crippen molar-refractivity contribution in [1.82, 2.24) is 9.78 Å². The number of amides is 1. The van der Waals surface area contributed by atoms with Crippen LogP contribution >= 0.6 is 0 Å². The number of anilines is 1. The average molecular weight is 421 g/mol. The van der Waals surface area contributed by atoms with Crippen LogP contribution < -0.4 is 10.1 Å². The van der Waals surface area contributed by atoms with Crippen molar-refractivity contribution in [2.75, 3.05) is 12.4 Å². The standard InChI is InChI=1S/C24H27N3O4/c1-15-11-12-22(30-5)21(13-15)25-24(29)18(4)31-23(28)14-20-16(2)26-27(17(20)3)19-9-7-6-8-10-19/h6-13,18H,14H2,1-5H3,(H,25,29)/t18-/m1/s1. The summed E-state index contributed by atoms with van der Waals surface area (Å²) < 4.78 is 12.5. The summed E-state index contributed by atoms with van der Waals surface area (Å²) in [4.78, 5) is 25.1. The highest BCUT2D eigenvalue weighted by Gasteiger charge is 2.22. The monoisotopic (exact) mass is 421 g/mol. The second-order valence-electron chi connectivity index (χ2n) is 7.40. The maximum atomic E-state index is 12.5. The highest BCUT2D eigenvalue weighted by molar-refractivity contribution is 5.96. The fourth-order valence-electron chi connectivity index (χ4n) is 3.34. The Balaban J connectivity index is 1.66. The van der Waals surface area contributed by atoms with Crippen LogP contribution in [0.2, 0.25) is 0 Å². The van der Waals surface area contributed by atoms with Gasteiger partial charge in [0.2, 0.25) is 0 Å². The van der Waals surface area contributed by atoms with E-state index < -0.39 is 18.0 Å². The van der Waals surface area contributed by atoms with Gasteiger partial charge in [0.15, 0.2) is 6.10 Å². The van der Waals surface area contributed by atoms with Gasteiger partial charge in [-0.05, 0) is 57.5 Å². The third-order valence-electron chi connectivity index (χ3n) is 5.05. The summed E-state index contributed by atoms with van der Waals surface area (Å²) in [5, 5.41) is 7.31. The summed E-state index contributed by atoms with van der Waals surface area (Å²) >= 11 is 0. The normalized spacial score (nSPS) is 11.6. The number of para-hydroxylation sites is 1. The zero-order valence-electron chi connectivity index (χ0n) is 18.4. The van der Waals surface area contributed by atoms with E-state index in [2.05, 4.69) is 10.4 Å². The molecule has 1 atom stereocenters. The van der Waals surface area contributed by atoms with E-state index in [0.29, 0.717) is 11.4 Å². The lowest BCUT2D eigenvalue weighted by Crippen LogP contribution is -2.30. The molecular formula is C24H27N3O4. The first-order valence-electron chi connectivity index (χ1n) is 10.1. The molecule has 3 rings (SSSR count). The number of aromatic nitrogens is 2. The van der Waals surface area contributed by atoms with E-state index in [1.165, 1.54) is 7.11 Å². The first-order valence-corrected chi connectivity index (χ1v) is 10.1. The summed E-state index contributed by atoms with van der Waals surface area (Å²) in [7, 11) is 1.53. The molecule has 0 saturated heterocycles. The van der Waals surface area contributed by atoms with Gasteiger partial charge in [0, 0.05) is 11.3 Å². The van der Waals surface area contributed by atoms with E-state index in [1.54, 1.807) is 23.7 Å². The zero-order chi connectivity index (χ0) is 22.5. The van der Waals surface area contributed by atoms with Crippen LogP contribution in [0, 0.1) is 20.8 Å². The molecule has 1 N–H and O–H groups in total. The molecule has 0 bridgehead atoms. The molecule has 162 valence electrons. The van der Waals surface area contributed by atoms with Gasteiger partial charge in [-0.3, -0.25) is 9.59 Å². The molecule has 2 aromatic carbocycles. The number of ether oxygens (including phenoxy) is 2. The number of hydrogen-bond acceptors (Lipinski definition) is 5. The van der Waals surface area contributed by atoms with Gasteiger partial charge < -0.3 is 14.8 Å². The van der Waals surface area contributed by atoms with Crippen molar-refractivity contribution < 1.29 is 19.1 Å². The van der Waals surface area contributed by atoms with Gasteiger partial charge >= 0.3 is 5.97 Å². The predicted molar refractivity (Wildman–Crippen MR) is 119 cm³/mol. The largest absolute Gasteiger partial charge is 0.495 e. The molecule has 7 nitrogen and oxygen atoms in total. The summed E-state index contributed by atoms with van der Waals surface area (Å²) in [5.74, 6) is -0.375. The van der Waals surface area contributed by atoms with Gasteiger partial charge in [-0.1, -0.05) is 24.3 Å². The van der Waals surface area contributed by atoms with Crippen LogP contribution in [0.25, 0.3) is 5.69 Å². The third-order valence-corrected chi connectivity index (χ3v) is 5.05. The molecular weight excluding hydrogens is 394 g/mol. The Bertz CT molecular complexity index is 1090. The molecule has 0 aliphatic heterocycles. The van der Waals surface area contributed by atoms with E-state index >= 15 is 0 Å². The molecule has 0 saturated carbocycles. The van der Waals surface area contributed by atoms with Gasteiger partial charge in [0.05, 0.1) is 30.6 Å². The van der Waals surface area contributed by atoms with E-state index in [9.17, 15) is 9.59 Å². The number of esters is 1. The van der Waals surface area contributed by atoms with Gasteiger partial charge in [-0.15, -0.1) is 0 Å². The minimum Gasteiger partial charge on any atom is -0.495 e. The third kappa shape index (κ3) is 5.12. The predicted octanol–water partition coefficient (Wildman–Crippen LogP) is 3.92. The van der Waals surface area contributed by atoms with Crippen molar-refractivity contribution in [3.05, 3.63) is 71.0 Å². The molecule has 1 amide bonds. The number of hydrogen-bond donors (Lipinski definition) is 1. The Morgan fingerprint density at radius 1 is 1.10 bits per heavy atom. The van der Waals surface area contributed by atoms with Crippen LogP contribution in [0.4, 0.5) is 5.69 Å². The van der Waals surface area contributed by atoms with Crippen LogP contribution in [0.1, 0.15) is 29.4 Å². The summed E-state index contributed by atoms with van der Waals surface area (Å²) in [5.41, 5.74) is 4.83. The van der Waals surface area contributed by atoms with Crippen molar-refractivity contribution >= 4 is 17.6 Å². The van der Waals surface area contributed by atoms with E-state index in [-0.39, 0.29) is 6.42 Å². The fraction of sp³-hybridized carbons (Fsp3) is 0.292. The number of nitrogens with zero attached hydrogens (tertiary/aromatic N) is 2. The molecule has 1 heterocycles. The molecule has 0 radical (unpaired) electrons. The Hall–Kier alpha value is -3.61. The Kier molecular flexibility index (Phi) is 6.74. The quantitative estimate of drug-likeness (QED) is 0.585. The number of methoxy groups -OCH3 is 1. The number of carbonyl (C=O) groups excluding carboxylic acids is 2.